The number of ether oxygens (including phenoxy) is 2. The van der Waals surface area contributed by atoms with Crippen molar-refractivity contribution in [2.45, 2.75) is 12.8 Å². The minimum Gasteiger partial charge on any atom is -0.481 e. The molecule has 0 fully saturated rings. The molecule has 0 amide bonds. The second kappa shape index (κ2) is 9.44. The van der Waals surface area contributed by atoms with Gasteiger partial charge in [0.05, 0.1) is 27.1 Å². The molecule has 0 saturated heterocycles. The van der Waals surface area contributed by atoms with E-state index in [0.29, 0.717) is 0 Å². The van der Waals surface area contributed by atoms with Crippen molar-refractivity contribution in [3.63, 3.8) is 0 Å². The molecule has 0 atom stereocenters. The molecule has 0 bridgehead atoms. The Balaban J connectivity index is 0. The lowest BCUT2D eigenvalue weighted by Crippen LogP contribution is -2.16. The summed E-state index contributed by atoms with van der Waals surface area (Å²) in [5.74, 6) is -4.11. The standard InChI is InChI=1S/2C4H6O4/c1-7-3(5)4(6)8-2;5-3(6)1-2-4(7)8/h1-2H3;1-2H2,(H,5,6)(H,7,8). The van der Waals surface area contributed by atoms with Crippen LogP contribution in [0, 0.1) is 0 Å². The van der Waals surface area contributed by atoms with Crippen LogP contribution in [0.25, 0.3) is 0 Å². The summed E-state index contributed by atoms with van der Waals surface area (Å²) in [4.78, 5) is 39.4. The second-order valence-electron chi connectivity index (χ2n) is 2.27. The van der Waals surface area contributed by atoms with Crippen molar-refractivity contribution >= 4 is 23.9 Å². The number of carbonyl (C=O) groups excluding carboxylic acids is 2. The van der Waals surface area contributed by atoms with E-state index in [0.717, 1.165) is 14.2 Å². The number of carbonyl (C=O) groups is 4. The zero-order valence-electron chi connectivity index (χ0n) is 8.76. The molecule has 0 radical (unpaired) electrons. The van der Waals surface area contributed by atoms with Crippen molar-refractivity contribution in [2.24, 2.45) is 0 Å². The summed E-state index contributed by atoms with van der Waals surface area (Å²) in [6.45, 7) is 0. The summed E-state index contributed by atoms with van der Waals surface area (Å²) in [5, 5.41) is 15.8. The van der Waals surface area contributed by atoms with E-state index in [1.165, 1.54) is 0 Å². The van der Waals surface area contributed by atoms with Crippen molar-refractivity contribution < 1.29 is 38.9 Å². The van der Waals surface area contributed by atoms with Crippen LogP contribution < -0.4 is 0 Å². The van der Waals surface area contributed by atoms with Gasteiger partial charge in [0.2, 0.25) is 0 Å². The average molecular weight is 236 g/mol. The normalized spacial score (nSPS) is 8.12. The SMILES string of the molecule is COC(=O)C(=O)OC.O=C(O)CCC(=O)O. The Morgan fingerprint density at radius 1 is 0.812 bits per heavy atom. The molecule has 0 aromatic rings. The van der Waals surface area contributed by atoms with E-state index in [-0.39, 0.29) is 12.8 Å². The first-order valence-corrected chi connectivity index (χ1v) is 3.95. The van der Waals surface area contributed by atoms with Gasteiger partial charge < -0.3 is 19.7 Å². The van der Waals surface area contributed by atoms with Crippen LogP contribution in [-0.2, 0) is 28.7 Å². The van der Waals surface area contributed by atoms with Gasteiger partial charge in [0, 0.05) is 0 Å². The fraction of sp³-hybridized carbons (Fsp3) is 0.500. The van der Waals surface area contributed by atoms with Crippen LogP contribution in [0.3, 0.4) is 0 Å². The van der Waals surface area contributed by atoms with Gasteiger partial charge in [0.25, 0.3) is 0 Å². The maximum atomic E-state index is 10.0. The zero-order valence-corrected chi connectivity index (χ0v) is 8.76. The smallest absolute Gasteiger partial charge is 0.417 e. The molecule has 16 heavy (non-hydrogen) atoms. The number of hydrogen-bond donors (Lipinski definition) is 2. The lowest BCUT2D eigenvalue weighted by molar-refractivity contribution is -0.164. The number of esters is 2. The lowest BCUT2D eigenvalue weighted by atomic mass is 10.3. The molecule has 0 rings (SSSR count). The Morgan fingerprint density at radius 2 is 1.06 bits per heavy atom. The van der Waals surface area contributed by atoms with Crippen LogP contribution in [-0.4, -0.2) is 48.3 Å². The van der Waals surface area contributed by atoms with E-state index in [1.54, 1.807) is 0 Å². The van der Waals surface area contributed by atoms with Crippen molar-refractivity contribution in [1.82, 2.24) is 0 Å². The van der Waals surface area contributed by atoms with E-state index >= 15 is 0 Å². The van der Waals surface area contributed by atoms with E-state index < -0.39 is 23.9 Å². The third kappa shape index (κ3) is 11.9. The van der Waals surface area contributed by atoms with Crippen molar-refractivity contribution in [1.29, 1.82) is 0 Å². The highest BCUT2D eigenvalue weighted by molar-refractivity contribution is 6.29. The van der Waals surface area contributed by atoms with Gasteiger partial charge in [-0.1, -0.05) is 0 Å². The van der Waals surface area contributed by atoms with Crippen LogP contribution in [0.2, 0.25) is 0 Å². The van der Waals surface area contributed by atoms with E-state index in [4.69, 9.17) is 10.2 Å². The van der Waals surface area contributed by atoms with Gasteiger partial charge in [-0.15, -0.1) is 0 Å². The molecule has 0 aliphatic rings. The van der Waals surface area contributed by atoms with Gasteiger partial charge in [0.1, 0.15) is 0 Å². The summed E-state index contributed by atoms with van der Waals surface area (Å²) in [7, 11) is 2.22. The second-order valence-corrected chi connectivity index (χ2v) is 2.27. The minimum atomic E-state index is -1.08. The van der Waals surface area contributed by atoms with E-state index in [2.05, 4.69) is 9.47 Å². The first-order chi connectivity index (χ1) is 7.34. The van der Waals surface area contributed by atoms with Gasteiger partial charge in [-0.05, 0) is 0 Å². The highest BCUT2D eigenvalue weighted by Gasteiger charge is 2.11. The predicted molar refractivity (Wildman–Crippen MR) is 48.5 cm³/mol. The van der Waals surface area contributed by atoms with Crippen molar-refractivity contribution in [2.75, 3.05) is 14.2 Å². The number of aliphatic carboxylic acids is 2. The maximum absolute atomic E-state index is 10.0. The Labute approximate surface area is 90.8 Å². The topological polar surface area (TPSA) is 127 Å². The number of rotatable bonds is 3. The highest BCUT2D eigenvalue weighted by atomic mass is 16.6. The summed E-state index contributed by atoms with van der Waals surface area (Å²) in [6, 6.07) is 0. The number of methoxy groups -OCH3 is 2. The summed E-state index contributed by atoms with van der Waals surface area (Å²) < 4.78 is 7.98. The molecule has 92 valence electrons. The molecule has 2 N–H and O–H groups in total. The molecule has 0 saturated carbocycles. The van der Waals surface area contributed by atoms with Gasteiger partial charge in [-0.25, -0.2) is 9.59 Å². The van der Waals surface area contributed by atoms with E-state index in [1.807, 2.05) is 0 Å². The number of carboxylic acid groups (broad SMARTS) is 2. The van der Waals surface area contributed by atoms with Crippen LogP contribution in [0.1, 0.15) is 12.8 Å². The molecule has 0 unspecified atom stereocenters. The quantitative estimate of drug-likeness (QED) is 0.484. The summed E-state index contributed by atoms with van der Waals surface area (Å²) in [5.41, 5.74) is 0. The average Bonchev–Trinajstić information content (AvgIpc) is 2.25. The molecule has 8 nitrogen and oxygen atoms in total. The molecule has 0 spiro atoms. The van der Waals surface area contributed by atoms with Gasteiger partial charge in [-0.3, -0.25) is 9.59 Å². The number of hydrogen-bond acceptors (Lipinski definition) is 6. The Hall–Kier alpha value is -2.12. The molecule has 0 aliphatic carbocycles. The predicted octanol–water partition coefficient (Wildman–Crippen LogP) is -0.732. The first-order valence-electron chi connectivity index (χ1n) is 3.95. The van der Waals surface area contributed by atoms with Crippen molar-refractivity contribution in [3.05, 3.63) is 0 Å². The third-order valence-corrected chi connectivity index (χ3v) is 1.09. The summed E-state index contributed by atoms with van der Waals surface area (Å²) >= 11 is 0. The molecule has 0 heterocycles. The maximum Gasteiger partial charge on any atom is 0.417 e. The molecule has 0 aromatic carbocycles. The fourth-order valence-electron chi connectivity index (χ4n) is 0.381. The van der Waals surface area contributed by atoms with Crippen LogP contribution in [0.5, 0.6) is 0 Å². The first kappa shape index (κ1) is 16.3. The van der Waals surface area contributed by atoms with Gasteiger partial charge >= 0.3 is 23.9 Å². The molecule has 8 heteroatoms. The zero-order chi connectivity index (χ0) is 13.1. The monoisotopic (exact) mass is 236 g/mol. The number of carboxylic acids is 2. The molecular weight excluding hydrogens is 224 g/mol. The van der Waals surface area contributed by atoms with Crippen molar-refractivity contribution in [3.8, 4) is 0 Å². The van der Waals surface area contributed by atoms with Gasteiger partial charge in [-0.2, -0.15) is 0 Å². The molecule has 0 aliphatic heterocycles. The van der Waals surface area contributed by atoms with E-state index in [9.17, 15) is 19.2 Å². The largest absolute Gasteiger partial charge is 0.481 e. The van der Waals surface area contributed by atoms with Crippen LogP contribution in [0.4, 0.5) is 0 Å². The Morgan fingerprint density at radius 3 is 1.19 bits per heavy atom. The highest BCUT2D eigenvalue weighted by Crippen LogP contribution is 1.86. The third-order valence-electron chi connectivity index (χ3n) is 1.09. The summed E-state index contributed by atoms with van der Waals surface area (Å²) in [6.07, 6.45) is -0.593. The lowest BCUT2D eigenvalue weighted by Gasteiger charge is -1.92. The Bertz CT molecular complexity index is 241. The minimum absolute atomic E-state index is 0.296. The van der Waals surface area contributed by atoms with Crippen LogP contribution in [0.15, 0.2) is 0 Å². The Kier molecular flexibility index (Phi) is 9.62. The van der Waals surface area contributed by atoms with Crippen LogP contribution >= 0.6 is 0 Å². The molecular formula is C8H12O8. The fourth-order valence-corrected chi connectivity index (χ4v) is 0.381. The molecule has 0 aromatic heterocycles. The van der Waals surface area contributed by atoms with Gasteiger partial charge in [0.15, 0.2) is 0 Å².